The SMILES string of the molecule is O=C(Nc1cccc(F)c1)c1ccc(-c2ccc(Br)cc2)o1. The van der Waals surface area contributed by atoms with Gasteiger partial charge in [0.25, 0.3) is 5.91 Å². The summed E-state index contributed by atoms with van der Waals surface area (Å²) in [6.45, 7) is 0. The summed E-state index contributed by atoms with van der Waals surface area (Å²) in [5.74, 6) is -0.0687. The third-order valence-corrected chi connectivity index (χ3v) is 3.57. The summed E-state index contributed by atoms with van der Waals surface area (Å²) in [5, 5.41) is 2.59. The Hall–Kier alpha value is -2.40. The predicted molar refractivity (Wildman–Crippen MR) is 86.2 cm³/mol. The molecule has 2 aromatic carbocycles. The molecule has 0 aliphatic rings. The molecule has 0 aliphatic carbocycles. The maximum absolute atomic E-state index is 13.1. The van der Waals surface area contributed by atoms with Gasteiger partial charge in [-0.3, -0.25) is 4.79 Å². The molecule has 0 saturated heterocycles. The van der Waals surface area contributed by atoms with Crippen molar-refractivity contribution in [1.82, 2.24) is 0 Å². The van der Waals surface area contributed by atoms with Crippen LogP contribution in [0.5, 0.6) is 0 Å². The summed E-state index contributed by atoms with van der Waals surface area (Å²) in [4.78, 5) is 12.1. The van der Waals surface area contributed by atoms with Crippen molar-refractivity contribution in [3.05, 3.63) is 76.7 Å². The summed E-state index contributed by atoms with van der Waals surface area (Å²) in [7, 11) is 0. The number of carbonyl (C=O) groups excluding carboxylic acids is 1. The molecule has 3 aromatic rings. The lowest BCUT2D eigenvalue weighted by Crippen LogP contribution is -2.10. The minimum atomic E-state index is -0.422. The van der Waals surface area contributed by atoms with E-state index in [0.29, 0.717) is 11.4 Å². The van der Waals surface area contributed by atoms with Crippen molar-refractivity contribution in [2.45, 2.75) is 0 Å². The van der Waals surface area contributed by atoms with Gasteiger partial charge in [-0.15, -0.1) is 0 Å². The topological polar surface area (TPSA) is 42.2 Å². The van der Waals surface area contributed by atoms with Crippen molar-refractivity contribution in [2.75, 3.05) is 5.32 Å². The molecule has 0 bridgehead atoms. The molecule has 22 heavy (non-hydrogen) atoms. The molecule has 1 amide bonds. The molecule has 1 aromatic heterocycles. The second kappa shape index (κ2) is 6.15. The van der Waals surface area contributed by atoms with Crippen LogP contribution >= 0.6 is 15.9 Å². The van der Waals surface area contributed by atoms with Gasteiger partial charge in [0.1, 0.15) is 11.6 Å². The molecule has 1 N–H and O–H groups in total. The molecule has 0 aliphatic heterocycles. The van der Waals surface area contributed by atoms with Crippen LogP contribution in [0.4, 0.5) is 10.1 Å². The van der Waals surface area contributed by atoms with Gasteiger partial charge in [-0.25, -0.2) is 4.39 Å². The first kappa shape index (κ1) is 14.5. The summed E-state index contributed by atoms with van der Waals surface area (Å²) >= 11 is 3.36. The van der Waals surface area contributed by atoms with Crippen LogP contribution in [-0.2, 0) is 0 Å². The standard InChI is InChI=1S/C17H11BrFNO2/c18-12-6-4-11(5-7-12)15-8-9-16(22-15)17(21)20-14-3-1-2-13(19)10-14/h1-10H,(H,20,21). The summed E-state index contributed by atoms with van der Waals surface area (Å²) < 4.78 is 19.6. The van der Waals surface area contributed by atoms with Crippen LogP contribution < -0.4 is 5.32 Å². The molecular formula is C17H11BrFNO2. The molecule has 1 heterocycles. The largest absolute Gasteiger partial charge is 0.451 e. The van der Waals surface area contributed by atoms with Gasteiger partial charge in [0.15, 0.2) is 5.76 Å². The van der Waals surface area contributed by atoms with E-state index >= 15 is 0 Å². The first-order chi connectivity index (χ1) is 10.6. The number of hydrogen-bond donors (Lipinski definition) is 1. The fraction of sp³-hybridized carbons (Fsp3) is 0. The number of furan rings is 1. The third-order valence-electron chi connectivity index (χ3n) is 3.04. The van der Waals surface area contributed by atoms with Gasteiger partial charge in [0.05, 0.1) is 0 Å². The fourth-order valence-electron chi connectivity index (χ4n) is 1.99. The molecule has 0 fully saturated rings. The monoisotopic (exact) mass is 359 g/mol. The van der Waals surface area contributed by atoms with Crippen molar-refractivity contribution < 1.29 is 13.6 Å². The van der Waals surface area contributed by atoms with Gasteiger partial charge in [-0.2, -0.15) is 0 Å². The van der Waals surface area contributed by atoms with E-state index in [0.717, 1.165) is 10.0 Å². The van der Waals surface area contributed by atoms with Crippen LogP contribution in [0.2, 0.25) is 0 Å². The van der Waals surface area contributed by atoms with Crippen LogP contribution in [0.1, 0.15) is 10.6 Å². The molecule has 0 atom stereocenters. The number of hydrogen-bond acceptors (Lipinski definition) is 2. The Morgan fingerprint density at radius 1 is 1.05 bits per heavy atom. The van der Waals surface area contributed by atoms with Crippen molar-refractivity contribution in [2.24, 2.45) is 0 Å². The average Bonchev–Trinajstić information content (AvgIpc) is 2.98. The normalized spacial score (nSPS) is 10.5. The molecule has 0 spiro atoms. The Kier molecular flexibility index (Phi) is 4.06. The van der Waals surface area contributed by atoms with E-state index in [-0.39, 0.29) is 5.76 Å². The highest BCUT2D eigenvalue weighted by atomic mass is 79.9. The van der Waals surface area contributed by atoms with Crippen LogP contribution in [0.3, 0.4) is 0 Å². The number of carbonyl (C=O) groups is 1. The van der Waals surface area contributed by atoms with Crippen molar-refractivity contribution in [1.29, 1.82) is 0 Å². The number of anilines is 1. The van der Waals surface area contributed by atoms with Gasteiger partial charge in [0.2, 0.25) is 0 Å². The molecule has 0 unspecified atom stereocenters. The number of benzene rings is 2. The zero-order chi connectivity index (χ0) is 15.5. The van der Waals surface area contributed by atoms with E-state index in [2.05, 4.69) is 21.2 Å². The van der Waals surface area contributed by atoms with Crippen LogP contribution in [-0.4, -0.2) is 5.91 Å². The van der Waals surface area contributed by atoms with Gasteiger partial charge < -0.3 is 9.73 Å². The second-order valence-corrected chi connectivity index (χ2v) is 5.55. The van der Waals surface area contributed by atoms with Crippen LogP contribution in [0.25, 0.3) is 11.3 Å². The van der Waals surface area contributed by atoms with Gasteiger partial charge in [0, 0.05) is 15.7 Å². The number of nitrogens with one attached hydrogen (secondary N) is 1. The molecule has 3 rings (SSSR count). The Bertz CT molecular complexity index is 812. The zero-order valence-electron chi connectivity index (χ0n) is 11.3. The molecule has 0 radical (unpaired) electrons. The summed E-state index contributed by atoms with van der Waals surface area (Å²) in [5.41, 5.74) is 1.25. The van der Waals surface area contributed by atoms with E-state index in [4.69, 9.17) is 4.42 Å². The Balaban J connectivity index is 1.78. The Morgan fingerprint density at radius 3 is 2.55 bits per heavy atom. The third kappa shape index (κ3) is 3.26. The number of halogens is 2. The Labute approximate surface area is 134 Å². The van der Waals surface area contributed by atoms with E-state index in [1.165, 1.54) is 18.2 Å². The molecular weight excluding hydrogens is 349 g/mol. The second-order valence-electron chi connectivity index (χ2n) is 4.64. The number of rotatable bonds is 3. The smallest absolute Gasteiger partial charge is 0.291 e. The molecule has 5 heteroatoms. The van der Waals surface area contributed by atoms with E-state index in [1.54, 1.807) is 18.2 Å². The van der Waals surface area contributed by atoms with Crippen molar-refractivity contribution in [3.63, 3.8) is 0 Å². The van der Waals surface area contributed by atoms with E-state index in [9.17, 15) is 9.18 Å². The molecule has 3 nitrogen and oxygen atoms in total. The minimum Gasteiger partial charge on any atom is -0.451 e. The first-order valence-electron chi connectivity index (χ1n) is 6.54. The number of amides is 1. The van der Waals surface area contributed by atoms with Crippen molar-refractivity contribution in [3.8, 4) is 11.3 Å². The maximum Gasteiger partial charge on any atom is 0.291 e. The predicted octanol–water partition coefficient (Wildman–Crippen LogP) is 5.10. The van der Waals surface area contributed by atoms with E-state index in [1.807, 2.05) is 24.3 Å². The quantitative estimate of drug-likeness (QED) is 0.706. The van der Waals surface area contributed by atoms with Crippen LogP contribution in [0, 0.1) is 5.82 Å². The highest BCUT2D eigenvalue weighted by Crippen LogP contribution is 2.24. The fourth-order valence-corrected chi connectivity index (χ4v) is 2.25. The molecule has 0 saturated carbocycles. The summed E-state index contributed by atoms with van der Waals surface area (Å²) in [6.07, 6.45) is 0. The first-order valence-corrected chi connectivity index (χ1v) is 7.34. The molecule has 110 valence electrons. The maximum atomic E-state index is 13.1. The summed E-state index contributed by atoms with van der Waals surface area (Å²) in [6, 6.07) is 16.6. The van der Waals surface area contributed by atoms with Gasteiger partial charge in [-0.05, 0) is 42.5 Å². The highest BCUT2D eigenvalue weighted by molar-refractivity contribution is 9.10. The van der Waals surface area contributed by atoms with Crippen molar-refractivity contribution >= 4 is 27.5 Å². The highest BCUT2D eigenvalue weighted by Gasteiger charge is 2.12. The lowest BCUT2D eigenvalue weighted by atomic mass is 10.2. The zero-order valence-corrected chi connectivity index (χ0v) is 12.9. The lowest BCUT2D eigenvalue weighted by Gasteiger charge is -2.03. The van der Waals surface area contributed by atoms with Crippen LogP contribution in [0.15, 0.2) is 69.6 Å². The van der Waals surface area contributed by atoms with Gasteiger partial charge in [-0.1, -0.05) is 34.1 Å². The average molecular weight is 360 g/mol. The lowest BCUT2D eigenvalue weighted by molar-refractivity contribution is 0.0997. The minimum absolute atomic E-state index is 0.169. The van der Waals surface area contributed by atoms with Gasteiger partial charge >= 0.3 is 0 Å². The van der Waals surface area contributed by atoms with E-state index < -0.39 is 11.7 Å². The Morgan fingerprint density at radius 2 is 1.82 bits per heavy atom.